The first-order chi connectivity index (χ1) is 10.9. The summed E-state index contributed by atoms with van der Waals surface area (Å²) in [6.07, 6.45) is 13.6. The number of hydrogen-bond donors (Lipinski definition) is 1. The smallest absolute Gasteiger partial charge is 0.748 e. The van der Waals surface area contributed by atoms with Crippen molar-refractivity contribution in [1.82, 2.24) is 0 Å². The van der Waals surface area contributed by atoms with E-state index in [9.17, 15) is 18.1 Å². The van der Waals surface area contributed by atoms with E-state index in [0.29, 0.717) is 25.7 Å². The van der Waals surface area contributed by atoms with E-state index in [0.717, 1.165) is 19.3 Å². The number of hydrogen-bond acceptors (Lipinski definition) is 4. The SMILES string of the molecule is CCCCCCCCCCCCC(CCCC(C)O)S(=O)(=O)[O-].[Na+]. The number of aliphatic hydroxyl groups excluding tert-OH is 1. The molecule has 0 fully saturated rings. The fourth-order valence-electron chi connectivity index (χ4n) is 2.93. The molecule has 0 saturated carbocycles. The summed E-state index contributed by atoms with van der Waals surface area (Å²) in [5.41, 5.74) is 0. The van der Waals surface area contributed by atoms with Gasteiger partial charge in [-0.25, -0.2) is 8.42 Å². The van der Waals surface area contributed by atoms with Crippen LogP contribution in [-0.2, 0) is 10.1 Å². The molecule has 0 radical (unpaired) electrons. The van der Waals surface area contributed by atoms with Gasteiger partial charge in [0.05, 0.1) is 16.2 Å². The molecule has 0 aliphatic carbocycles. The van der Waals surface area contributed by atoms with Crippen LogP contribution in [0.1, 0.15) is 104 Å². The van der Waals surface area contributed by atoms with E-state index in [1.165, 1.54) is 44.9 Å². The van der Waals surface area contributed by atoms with Gasteiger partial charge in [0.15, 0.2) is 0 Å². The Morgan fingerprint density at radius 2 is 1.21 bits per heavy atom. The van der Waals surface area contributed by atoms with Crippen molar-refractivity contribution in [3.8, 4) is 0 Å². The number of unbranched alkanes of at least 4 members (excludes halogenated alkanes) is 9. The largest absolute Gasteiger partial charge is 1.00 e. The van der Waals surface area contributed by atoms with Crippen molar-refractivity contribution in [2.45, 2.75) is 115 Å². The second-order valence-corrected chi connectivity index (χ2v) is 8.52. The van der Waals surface area contributed by atoms with Gasteiger partial charge in [-0.15, -0.1) is 0 Å². The predicted octanol–water partition coefficient (Wildman–Crippen LogP) is 1.77. The van der Waals surface area contributed by atoms with Crippen molar-refractivity contribution >= 4 is 10.1 Å². The average molecular weight is 373 g/mol. The first-order valence-corrected chi connectivity index (χ1v) is 11.0. The van der Waals surface area contributed by atoms with Crippen LogP contribution in [0, 0.1) is 0 Å². The molecule has 0 rings (SSSR count). The van der Waals surface area contributed by atoms with E-state index in [1.54, 1.807) is 6.92 Å². The Labute approximate surface area is 172 Å². The van der Waals surface area contributed by atoms with Gasteiger partial charge in [0.1, 0.15) is 0 Å². The second-order valence-electron chi connectivity index (χ2n) is 6.87. The second kappa shape index (κ2) is 17.3. The Bertz CT molecular complexity index is 358. The van der Waals surface area contributed by atoms with Crippen molar-refractivity contribution in [2.75, 3.05) is 0 Å². The van der Waals surface area contributed by atoms with Gasteiger partial charge < -0.3 is 9.66 Å². The fraction of sp³-hybridized carbons (Fsp3) is 1.00. The fourth-order valence-corrected chi connectivity index (χ4v) is 3.84. The molecule has 2 unspecified atom stereocenters. The van der Waals surface area contributed by atoms with Gasteiger partial charge in [0.25, 0.3) is 0 Å². The molecule has 1 N–H and O–H groups in total. The topological polar surface area (TPSA) is 77.4 Å². The molecule has 0 aliphatic heterocycles. The minimum absolute atomic E-state index is 0. The van der Waals surface area contributed by atoms with Crippen molar-refractivity contribution in [3.63, 3.8) is 0 Å². The predicted molar refractivity (Wildman–Crippen MR) is 95.5 cm³/mol. The van der Waals surface area contributed by atoms with Gasteiger partial charge in [-0.3, -0.25) is 0 Å². The molecule has 6 heteroatoms. The van der Waals surface area contributed by atoms with Gasteiger partial charge in [0, 0.05) is 5.25 Å². The summed E-state index contributed by atoms with van der Waals surface area (Å²) in [7, 11) is -4.20. The first kappa shape index (κ1) is 27.1. The van der Waals surface area contributed by atoms with Gasteiger partial charge in [0.2, 0.25) is 0 Å². The van der Waals surface area contributed by atoms with Gasteiger partial charge in [-0.2, -0.15) is 0 Å². The molecule has 2 atom stereocenters. The molecular weight excluding hydrogens is 335 g/mol. The van der Waals surface area contributed by atoms with Crippen LogP contribution in [0.3, 0.4) is 0 Å². The molecule has 0 aromatic rings. The van der Waals surface area contributed by atoms with E-state index >= 15 is 0 Å². The Morgan fingerprint density at radius 1 is 0.792 bits per heavy atom. The van der Waals surface area contributed by atoms with Crippen molar-refractivity contribution in [2.24, 2.45) is 0 Å². The Balaban J connectivity index is 0. The Kier molecular flexibility index (Phi) is 19.5. The van der Waals surface area contributed by atoms with E-state index in [2.05, 4.69) is 6.92 Å². The van der Waals surface area contributed by atoms with Crippen LogP contribution in [0.2, 0.25) is 0 Å². The van der Waals surface area contributed by atoms with Crippen LogP contribution in [0.25, 0.3) is 0 Å². The molecule has 0 amide bonds. The third-order valence-electron chi connectivity index (χ3n) is 4.44. The van der Waals surface area contributed by atoms with Crippen LogP contribution in [0.15, 0.2) is 0 Å². The molecule has 0 aromatic carbocycles. The Hall–Kier alpha value is 0.870. The quantitative estimate of drug-likeness (QED) is 0.254. The summed E-state index contributed by atoms with van der Waals surface area (Å²) in [4.78, 5) is 0. The van der Waals surface area contributed by atoms with E-state index in [4.69, 9.17) is 0 Å². The molecule has 0 spiro atoms. The third-order valence-corrected chi connectivity index (χ3v) is 5.72. The van der Waals surface area contributed by atoms with Crippen LogP contribution >= 0.6 is 0 Å². The minimum Gasteiger partial charge on any atom is -0.748 e. The molecule has 24 heavy (non-hydrogen) atoms. The zero-order chi connectivity index (χ0) is 17.6. The number of rotatable bonds is 16. The molecule has 0 aliphatic rings. The maximum atomic E-state index is 11.3. The summed E-state index contributed by atoms with van der Waals surface area (Å²) >= 11 is 0. The monoisotopic (exact) mass is 372 g/mol. The Morgan fingerprint density at radius 3 is 1.62 bits per heavy atom. The third kappa shape index (κ3) is 17.7. The minimum atomic E-state index is -4.20. The van der Waals surface area contributed by atoms with Gasteiger partial charge in [-0.05, 0) is 32.6 Å². The van der Waals surface area contributed by atoms with E-state index in [1.807, 2.05) is 0 Å². The molecule has 0 saturated heterocycles. The van der Waals surface area contributed by atoms with Crippen molar-refractivity contribution in [1.29, 1.82) is 0 Å². The van der Waals surface area contributed by atoms with E-state index in [-0.39, 0.29) is 29.6 Å². The molecule has 0 heterocycles. The van der Waals surface area contributed by atoms with Crippen molar-refractivity contribution < 1.29 is 47.6 Å². The maximum absolute atomic E-state index is 11.3. The van der Waals surface area contributed by atoms with Crippen LogP contribution in [0.5, 0.6) is 0 Å². The summed E-state index contributed by atoms with van der Waals surface area (Å²) in [5, 5.41) is 8.44. The average Bonchev–Trinajstić information content (AvgIpc) is 2.45. The van der Waals surface area contributed by atoms with Crippen LogP contribution in [-0.4, -0.2) is 29.4 Å². The van der Waals surface area contributed by atoms with Crippen LogP contribution in [0.4, 0.5) is 0 Å². The first-order valence-electron chi connectivity index (χ1n) is 9.50. The normalized spacial score (nSPS) is 14.2. The van der Waals surface area contributed by atoms with Gasteiger partial charge >= 0.3 is 29.6 Å². The zero-order valence-electron chi connectivity index (χ0n) is 16.1. The van der Waals surface area contributed by atoms with E-state index < -0.39 is 21.5 Å². The molecule has 140 valence electrons. The molecule has 0 aromatic heterocycles. The zero-order valence-corrected chi connectivity index (χ0v) is 19.0. The summed E-state index contributed by atoms with van der Waals surface area (Å²) in [6, 6.07) is 0. The van der Waals surface area contributed by atoms with Crippen LogP contribution < -0.4 is 29.6 Å². The molecular formula is C18H37NaO4S. The standard InChI is InChI=1S/C18H38O4S.Na/c1-3-4-5-6-7-8-9-10-11-12-15-18(23(20,21)22)16-13-14-17(2)19;/h17-19H,3-16H2,1-2H3,(H,20,21,22);/q;+1/p-1. The molecule has 4 nitrogen and oxygen atoms in total. The summed E-state index contributed by atoms with van der Waals surface area (Å²) < 4.78 is 33.8. The summed E-state index contributed by atoms with van der Waals surface area (Å²) in [6.45, 7) is 3.91. The number of aliphatic hydroxyl groups is 1. The summed E-state index contributed by atoms with van der Waals surface area (Å²) in [5.74, 6) is 0. The maximum Gasteiger partial charge on any atom is 1.00 e. The van der Waals surface area contributed by atoms with Crippen molar-refractivity contribution in [3.05, 3.63) is 0 Å². The van der Waals surface area contributed by atoms with Gasteiger partial charge in [-0.1, -0.05) is 71.1 Å². The molecule has 0 bridgehead atoms.